The average Bonchev–Trinajstić information content (AvgIpc) is 2.90. The molecule has 1 aromatic carbocycles. The third-order valence-electron chi connectivity index (χ3n) is 3.45. The van der Waals surface area contributed by atoms with E-state index in [1.165, 1.54) is 18.4 Å². The summed E-state index contributed by atoms with van der Waals surface area (Å²) in [5.41, 5.74) is 2.69. The molecule has 0 spiro atoms. The summed E-state index contributed by atoms with van der Waals surface area (Å²) in [6.07, 6.45) is 0. The zero-order chi connectivity index (χ0) is 17.2. The summed E-state index contributed by atoms with van der Waals surface area (Å²) in [6.45, 7) is 7.49. The lowest BCUT2D eigenvalue weighted by atomic mass is 9.95. The van der Waals surface area contributed by atoms with Crippen molar-refractivity contribution in [3.05, 3.63) is 40.8 Å². The number of carbonyl (C=O) groups excluding carboxylic acids is 2. The molecule has 1 amide bonds. The van der Waals surface area contributed by atoms with E-state index < -0.39 is 11.4 Å². The first-order chi connectivity index (χ1) is 10.7. The maximum atomic E-state index is 12.2. The molecule has 5 heteroatoms. The lowest BCUT2D eigenvalue weighted by Gasteiger charge is -2.17. The Morgan fingerprint density at radius 3 is 2.26 bits per heavy atom. The molecule has 0 saturated carbocycles. The van der Waals surface area contributed by atoms with Crippen LogP contribution in [0.25, 0.3) is 11.1 Å². The number of amides is 1. The standard InChI is InChI=1S/C18H21NO3S/c1-11-6-8-12(9-7-11)13-10-23-15(14(13)16(20)22-5)19-17(21)18(2,3)4/h6-10H,1-5H3,(H,19,21). The molecule has 23 heavy (non-hydrogen) atoms. The first-order valence-corrected chi connectivity index (χ1v) is 8.20. The zero-order valence-corrected chi connectivity index (χ0v) is 14.8. The molecule has 2 aromatic rings. The van der Waals surface area contributed by atoms with Crippen LogP contribution in [-0.4, -0.2) is 19.0 Å². The maximum absolute atomic E-state index is 12.2. The molecule has 4 nitrogen and oxygen atoms in total. The van der Waals surface area contributed by atoms with Crippen molar-refractivity contribution in [3.63, 3.8) is 0 Å². The van der Waals surface area contributed by atoms with Gasteiger partial charge < -0.3 is 10.1 Å². The zero-order valence-electron chi connectivity index (χ0n) is 14.0. The van der Waals surface area contributed by atoms with Crippen LogP contribution in [0.5, 0.6) is 0 Å². The summed E-state index contributed by atoms with van der Waals surface area (Å²) in [7, 11) is 1.34. The Morgan fingerprint density at radius 1 is 1.13 bits per heavy atom. The number of anilines is 1. The fourth-order valence-corrected chi connectivity index (χ4v) is 2.94. The van der Waals surface area contributed by atoms with Gasteiger partial charge in [0.2, 0.25) is 5.91 Å². The van der Waals surface area contributed by atoms with Gasteiger partial charge in [-0.15, -0.1) is 11.3 Å². The van der Waals surface area contributed by atoms with E-state index in [2.05, 4.69) is 5.32 Å². The Balaban J connectivity index is 2.47. The highest BCUT2D eigenvalue weighted by atomic mass is 32.1. The first kappa shape index (κ1) is 17.2. The topological polar surface area (TPSA) is 55.4 Å². The van der Waals surface area contributed by atoms with Crippen LogP contribution in [0.1, 0.15) is 36.7 Å². The van der Waals surface area contributed by atoms with E-state index in [-0.39, 0.29) is 5.91 Å². The molecule has 1 heterocycles. The van der Waals surface area contributed by atoms with Crippen molar-refractivity contribution < 1.29 is 14.3 Å². The van der Waals surface area contributed by atoms with E-state index in [1.807, 2.05) is 57.3 Å². The van der Waals surface area contributed by atoms with Crippen molar-refractivity contribution in [1.82, 2.24) is 0 Å². The van der Waals surface area contributed by atoms with Crippen molar-refractivity contribution in [2.45, 2.75) is 27.7 Å². The summed E-state index contributed by atoms with van der Waals surface area (Å²) in [6, 6.07) is 7.89. The van der Waals surface area contributed by atoms with Gasteiger partial charge in [-0.2, -0.15) is 0 Å². The van der Waals surface area contributed by atoms with Crippen LogP contribution in [0.2, 0.25) is 0 Å². The molecule has 2 rings (SSSR count). The Morgan fingerprint density at radius 2 is 1.74 bits per heavy atom. The number of esters is 1. The number of carbonyl (C=O) groups is 2. The first-order valence-electron chi connectivity index (χ1n) is 7.32. The van der Waals surface area contributed by atoms with Gasteiger partial charge in [-0.25, -0.2) is 4.79 Å². The summed E-state index contributed by atoms with van der Waals surface area (Å²) in [4.78, 5) is 24.5. The maximum Gasteiger partial charge on any atom is 0.341 e. The smallest absolute Gasteiger partial charge is 0.341 e. The number of rotatable bonds is 3. The van der Waals surface area contributed by atoms with Crippen molar-refractivity contribution in [2.75, 3.05) is 12.4 Å². The van der Waals surface area contributed by atoms with Crippen molar-refractivity contribution >= 4 is 28.2 Å². The normalized spacial score (nSPS) is 11.2. The highest BCUT2D eigenvalue weighted by Gasteiger charge is 2.26. The highest BCUT2D eigenvalue weighted by Crippen LogP contribution is 2.37. The molecule has 0 unspecified atom stereocenters. The van der Waals surface area contributed by atoms with Gasteiger partial charge in [0.25, 0.3) is 0 Å². The number of aryl methyl sites for hydroxylation is 1. The lowest BCUT2D eigenvalue weighted by Crippen LogP contribution is -2.28. The number of ether oxygens (including phenoxy) is 1. The number of hydrogen-bond donors (Lipinski definition) is 1. The molecule has 0 atom stereocenters. The Hall–Kier alpha value is -2.14. The molecular formula is C18H21NO3S. The second kappa shape index (κ2) is 6.54. The van der Waals surface area contributed by atoms with Crippen molar-refractivity contribution in [2.24, 2.45) is 5.41 Å². The van der Waals surface area contributed by atoms with Gasteiger partial charge >= 0.3 is 5.97 Å². The van der Waals surface area contributed by atoms with Crippen LogP contribution in [0, 0.1) is 12.3 Å². The van der Waals surface area contributed by atoms with Crippen LogP contribution >= 0.6 is 11.3 Å². The minimum absolute atomic E-state index is 0.139. The predicted octanol–water partition coefficient (Wildman–Crippen LogP) is 4.49. The molecule has 122 valence electrons. The molecule has 0 aliphatic carbocycles. The van der Waals surface area contributed by atoms with Gasteiger partial charge in [0, 0.05) is 16.4 Å². The van der Waals surface area contributed by atoms with E-state index in [0.29, 0.717) is 10.6 Å². The molecule has 0 radical (unpaired) electrons. The molecule has 1 aromatic heterocycles. The SMILES string of the molecule is COC(=O)c1c(-c2ccc(C)cc2)csc1NC(=O)C(C)(C)C. The van der Waals surface area contributed by atoms with Crippen LogP contribution < -0.4 is 5.32 Å². The van der Waals surface area contributed by atoms with Gasteiger partial charge in [-0.05, 0) is 12.5 Å². The molecule has 0 saturated heterocycles. The largest absolute Gasteiger partial charge is 0.465 e. The Bertz CT molecular complexity index is 724. The fraction of sp³-hybridized carbons (Fsp3) is 0.333. The molecule has 0 bridgehead atoms. The van der Waals surface area contributed by atoms with Gasteiger partial charge in [0.15, 0.2) is 0 Å². The lowest BCUT2D eigenvalue weighted by molar-refractivity contribution is -0.123. The number of nitrogens with one attached hydrogen (secondary N) is 1. The summed E-state index contributed by atoms with van der Waals surface area (Å²) < 4.78 is 4.90. The van der Waals surface area contributed by atoms with Crippen LogP contribution in [0.3, 0.4) is 0 Å². The van der Waals surface area contributed by atoms with E-state index in [9.17, 15) is 9.59 Å². The fourth-order valence-electron chi connectivity index (χ4n) is 1.99. The van der Waals surface area contributed by atoms with Gasteiger partial charge in [0.05, 0.1) is 7.11 Å². The quantitative estimate of drug-likeness (QED) is 0.843. The van der Waals surface area contributed by atoms with Crippen LogP contribution in [-0.2, 0) is 9.53 Å². The number of hydrogen-bond acceptors (Lipinski definition) is 4. The molecule has 0 aliphatic heterocycles. The van der Waals surface area contributed by atoms with E-state index >= 15 is 0 Å². The summed E-state index contributed by atoms with van der Waals surface area (Å²) >= 11 is 1.33. The highest BCUT2D eigenvalue weighted by molar-refractivity contribution is 7.15. The summed E-state index contributed by atoms with van der Waals surface area (Å²) in [5.74, 6) is -0.592. The predicted molar refractivity (Wildman–Crippen MR) is 93.9 cm³/mol. The van der Waals surface area contributed by atoms with Crippen molar-refractivity contribution in [3.8, 4) is 11.1 Å². The van der Waals surface area contributed by atoms with E-state index in [0.717, 1.165) is 16.7 Å². The minimum atomic E-state index is -0.540. The molecule has 1 N–H and O–H groups in total. The second-order valence-electron chi connectivity index (χ2n) is 6.42. The second-order valence-corrected chi connectivity index (χ2v) is 7.29. The van der Waals surface area contributed by atoms with Gasteiger partial charge in [-0.3, -0.25) is 4.79 Å². The Kier molecular flexibility index (Phi) is 4.90. The third kappa shape index (κ3) is 3.79. The minimum Gasteiger partial charge on any atom is -0.465 e. The van der Waals surface area contributed by atoms with Gasteiger partial charge in [0.1, 0.15) is 10.6 Å². The van der Waals surface area contributed by atoms with Crippen LogP contribution in [0.4, 0.5) is 5.00 Å². The van der Waals surface area contributed by atoms with E-state index in [1.54, 1.807) is 0 Å². The monoisotopic (exact) mass is 331 g/mol. The number of methoxy groups -OCH3 is 1. The Labute approximate surface area is 140 Å². The number of benzene rings is 1. The summed E-state index contributed by atoms with van der Waals surface area (Å²) in [5, 5.41) is 5.24. The van der Waals surface area contributed by atoms with Crippen molar-refractivity contribution in [1.29, 1.82) is 0 Å². The van der Waals surface area contributed by atoms with E-state index in [4.69, 9.17) is 4.74 Å². The average molecular weight is 331 g/mol. The molecule has 0 aliphatic rings. The molecule has 0 fully saturated rings. The van der Waals surface area contributed by atoms with Gasteiger partial charge in [-0.1, -0.05) is 50.6 Å². The molecular weight excluding hydrogens is 310 g/mol. The third-order valence-corrected chi connectivity index (χ3v) is 4.35. The number of thiophene rings is 1. The van der Waals surface area contributed by atoms with Crippen LogP contribution in [0.15, 0.2) is 29.6 Å².